The van der Waals surface area contributed by atoms with Crippen LogP contribution in [0.25, 0.3) is 0 Å². The molecular weight excluding hydrogens is 312 g/mol. The second-order valence-corrected chi connectivity index (χ2v) is 7.51. The maximum Gasteiger partial charge on any atom is 0.220 e. The van der Waals surface area contributed by atoms with Gasteiger partial charge in [0.15, 0.2) is 9.84 Å². The van der Waals surface area contributed by atoms with Gasteiger partial charge in [0.2, 0.25) is 5.91 Å². The van der Waals surface area contributed by atoms with Gasteiger partial charge in [-0.05, 0) is 42.7 Å². The van der Waals surface area contributed by atoms with Crippen molar-refractivity contribution in [1.82, 2.24) is 10.3 Å². The molecule has 0 aliphatic heterocycles. The molecule has 0 fully saturated rings. The lowest BCUT2D eigenvalue weighted by molar-refractivity contribution is -0.121. The Kier molecular flexibility index (Phi) is 5.50. The Morgan fingerprint density at radius 1 is 1.22 bits per heavy atom. The molecule has 1 atom stereocenters. The molecule has 1 heterocycles. The molecule has 2 rings (SSSR count). The average Bonchev–Trinajstić information content (AvgIpc) is 2.53. The Morgan fingerprint density at radius 2 is 1.91 bits per heavy atom. The van der Waals surface area contributed by atoms with E-state index in [0.29, 0.717) is 12.8 Å². The Hall–Kier alpha value is -2.21. The van der Waals surface area contributed by atoms with E-state index >= 15 is 0 Å². The van der Waals surface area contributed by atoms with Gasteiger partial charge >= 0.3 is 0 Å². The summed E-state index contributed by atoms with van der Waals surface area (Å²) in [6.07, 6.45) is 5.65. The van der Waals surface area contributed by atoms with Crippen LogP contribution >= 0.6 is 0 Å². The minimum atomic E-state index is -3.20. The van der Waals surface area contributed by atoms with Gasteiger partial charge in [0.25, 0.3) is 0 Å². The molecule has 0 bridgehead atoms. The van der Waals surface area contributed by atoms with E-state index in [1.807, 2.05) is 19.1 Å². The normalized spacial score (nSPS) is 12.6. The Labute approximate surface area is 136 Å². The highest BCUT2D eigenvalue weighted by Gasteiger charge is 2.12. The summed E-state index contributed by atoms with van der Waals surface area (Å²) in [7, 11) is -3.20. The van der Waals surface area contributed by atoms with E-state index in [2.05, 4.69) is 10.3 Å². The fourth-order valence-electron chi connectivity index (χ4n) is 2.20. The monoisotopic (exact) mass is 332 g/mol. The first-order valence-corrected chi connectivity index (χ1v) is 9.23. The van der Waals surface area contributed by atoms with Crippen LogP contribution in [0.4, 0.5) is 0 Å². The van der Waals surface area contributed by atoms with Gasteiger partial charge < -0.3 is 5.32 Å². The molecule has 0 saturated carbocycles. The fraction of sp³-hybridized carbons (Fsp3) is 0.294. The highest BCUT2D eigenvalue weighted by molar-refractivity contribution is 7.90. The Morgan fingerprint density at radius 3 is 2.48 bits per heavy atom. The summed E-state index contributed by atoms with van der Waals surface area (Å²) in [6, 6.07) is 10.2. The van der Waals surface area contributed by atoms with E-state index in [1.54, 1.807) is 36.7 Å². The van der Waals surface area contributed by atoms with Gasteiger partial charge in [-0.1, -0.05) is 18.2 Å². The van der Waals surface area contributed by atoms with Crippen molar-refractivity contribution in [3.63, 3.8) is 0 Å². The fourth-order valence-corrected chi connectivity index (χ4v) is 2.84. The predicted molar refractivity (Wildman–Crippen MR) is 88.7 cm³/mol. The van der Waals surface area contributed by atoms with Crippen molar-refractivity contribution in [3.8, 4) is 0 Å². The number of sulfone groups is 1. The maximum atomic E-state index is 12.0. The first-order chi connectivity index (χ1) is 10.9. The number of pyridine rings is 1. The van der Waals surface area contributed by atoms with Crippen LogP contribution in [-0.2, 0) is 21.1 Å². The molecule has 1 N–H and O–H groups in total. The first kappa shape index (κ1) is 17.1. The topological polar surface area (TPSA) is 76.1 Å². The van der Waals surface area contributed by atoms with Crippen LogP contribution in [0.2, 0.25) is 0 Å². The average molecular weight is 332 g/mol. The van der Waals surface area contributed by atoms with E-state index < -0.39 is 9.84 Å². The molecule has 0 spiro atoms. The van der Waals surface area contributed by atoms with Gasteiger partial charge in [0.1, 0.15) is 0 Å². The molecule has 0 saturated heterocycles. The van der Waals surface area contributed by atoms with Gasteiger partial charge in [-0.3, -0.25) is 9.78 Å². The van der Waals surface area contributed by atoms with Gasteiger partial charge in [-0.2, -0.15) is 0 Å². The molecule has 2 aromatic rings. The van der Waals surface area contributed by atoms with Gasteiger partial charge in [-0.25, -0.2) is 8.42 Å². The first-order valence-electron chi connectivity index (χ1n) is 7.34. The van der Waals surface area contributed by atoms with E-state index in [9.17, 15) is 13.2 Å². The SMILES string of the molecule is CC(NC(=O)CCc1cccnc1)c1ccc(S(C)(=O)=O)cc1. The quantitative estimate of drug-likeness (QED) is 0.880. The number of nitrogens with zero attached hydrogens (tertiary/aromatic N) is 1. The number of hydrogen-bond donors (Lipinski definition) is 1. The summed E-state index contributed by atoms with van der Waals surface area (Å²) in [5, 5.41) is 2.92. The van der Waals surface area contributed by atoms with Crippen LogP contribution in [0.15, 0.2) is 53.7 Å². The third-order valence-electron chi connectivity index (χ3n) is 3.55. The third-order valence-corrected chi connectivity index (χ3v) is 4.68. The number of aromatic nitrogens is 1. The molecule has 0 aliphatic carbocycles. The number of rotatable bonds is 6. The second kappa shape index (κ2) is 7.37. The van der Waals surface area contributed by atoms with Gasteiger partial charge in [0.05, 0.1) is 10.9 Å². The molecule has 1 amide bonds. The lowest BCUT2D eigenvalue weighted by Gasteiger charge is -2.14. The number of carbonyl (C=O) groups excluding carboxylic acids is 1. The minimum Gasteiger partial charge on any atom is -0.350 e. The van der Waals surface area contributed by atoms with Crippen LogP contribution in [0.5, 0.6) is 0 Å². The summed E-state index contributed by atoms with van der Waals surface area (Å²) >= 11 is 0. The number of amides is 1. The van der Waals surface area contributed by atoms with Gasteiger partial charge in [-0.15, -0.1) is 0 Å². The molecule has 1 aromatic carbocycles. The number of aryl methyl sites for hydroxylation is 1. The van der Waals surface area contributed by atoms with Crippen molar-refractivity contribution in [2.24, 2.45) is 0 Å². The minimum absolute atomic E-state index is 0.0476. The van der Waals surface area contributed by atoms with Crippen molar-refractivity contribution in [2.75, 3.05) is 6.26 Å². The molecule has 6 heteroatoms. The van der Waals surface area contributed by atoms with Crippen LogP contribution < -0.4 is 5.32 Å². The van der Waals surface area contributed by atoms with Crippen molar-refractivity contribution in [2.45, 2.75) is 30.7 Å². The molecule has 23 heavy (non-hydrogen) atoms. The zero-order valence-corrected chi connectivity index (χ0v) is 14.0. The van der Waals surface area contributed by atoms with Crippen molar-refractivity contribution in [3.05, 3.63) is 59.9 Å². The molecule has 122 valence electrons. The molecule has 0 aliphatic rings. The van der Waals surface area contributed by atoms with Crippen LogP contribution in [0.3, 0.4) is 0 Å². The van der Waals surface area contributed by atoms with Gasteiger partial charge in [0, 0.05) is 25.1 Å². The predicted octanol–water partition coefficient (Wildman–Crippen LogP) is 2.30. The summed E-state index contributed by atoms with van der Waals surface area (Å²) in [5.74, 6) is -0.0476. The van der Waals surface area contributed by atoms with Crippen LogP contribution in [0, 0.1) is 0 Å². The smallest absolute Gasteiger partial charge is 0.220 e. The summed E-state index contributed by atoms with van der Waals surface area (Å²) in [4.78, 5) is 16.3. The molecular formula is C17H20N2O3S. The zero-order valence-electron chi connectivity index (χ0n) is 13.2. The molecule has 5 nitrogen and oxygen atoms in total. The maximum absolute atomic E-state index is 12.0. The largest absolute Gasteiger partial charge is 0.350 e. The van der Waals surface area contributed by atoms with E-state index in [-0.39, 0.29) is 16.8 Å². The number of hydrogen-bond acceptors (Lipinski definition) is 4. The zero-order chi connectivity index (χ0) is 16.9. The lowest BCUT2D eigenvalue weighted by Crippen LogP contribution is -2.26. The number of carbonyl (C=O) groups is 1. The highest BCUT2D eigenvalue weighted by atomic mass is 32.2. The number of nitrogens with one attached hydrogen (secondary N) is 1. The summed E-state index contributed by atoms with van der Waals surface area (Å²) < 4.78 is 22.9. The third kappa shape index (κ3) is 5.17. The van der Waals surface area contributed by atoms with Crippen molar-refractivity contribution in [1.29, 1.82) is 0 Å². The molecule has 1 aromatic heterocycles. The standard InChI is InChI=1S/C17H20N2O3S/c1-13(15-6-8-16(9-7-15)23(2,21)22)19-17(20)10-5-14-4-3-11-18-12-14/h3-4,6-9,11-13H,5,10H2,1-2H3,(H,19,20). The lowest BCUT2D eigenvalue weighted by atomic mass is 10.1. The van der Waals surface area contributed by atoms with Crippen molar-refractivity contribution < 1.29 is 13.2 Å². The summed E-state index contributed by atoms with van der Waals surface area (Å²) in [5.41, 5.74) is 1.89. The Balaban J connectivity index is 1.90. The van der Waals surface area contributed by atoms with E-state index in [4.69, 9.17) is 0 Å². The highest BCUT2D eigenvalue weighted by Crippen LogP contribution is 2.16. The van der Waals surface area contributed by atoms with Crippen LogP contribution in [-0.4, -0.2) is 25.6 Å². The van der Waals surface area contributed by atoms with E-state index in [0.717, 1.165) is 11.1 Å². The van der Waals surface area contributed by atoms with E-state index in [1.165, 1.54) is 6.26 Å². The van der Waals surface area contributed by atoms with Crippen molar-refractivity contribution >= 4 is 15.7 Å². The van der Waals surface area contributed by atoms with Crippen LogP contribution in [0.1, 0.15) is 30.5 Å². The Bertz CT molecular complexity index is 756. The number of benzene rings is 1. The summed E-state index contributed by atoms with van der Waals surface area (Å²) in [6.45, 7) is 1.87. The molecule has 1 unspecified atom stereocenters. The molecule has 0 radical (unpaired) electrons. The second-order valence-electron chi connectivity index (χ2n) is 5.49.